The average Bonchev–Trinajstić information content (AvgIpc) is 3.35. The Bertz CT molecular complexity index is 788. The molecule has 1 fully saturated rings. The van der Waals surface area contributed by atoms with Crippen LogP contribution in [0.25, 0.3) is 0 Å². The highest BCUT2D eigenvalue weighted by atomic mass is 32.2. The van der Waals surface area contributed by atoms with Crippen LogP contribution in [0.4, 0.5) is 0 Å². The Morgan fingerprint density at radius 2 is 2.12 bits per heavy atom. The first kappa shape index (κ1) is 16.4. The normalized spacial score (nSPS) is 16.5. The summed E-state index contributed by atoms with van der Waals surface area (Å²) >= 11 is 1.50. The molecule has 1 aliphatic rings. The molecule has 132 valence electrons. The van der Waals surface area contributed by atoms with Crippen LogP contribution in [0.2, 0.25) is 0 Å². The monoisotopic (exact) mass is 358 g/mol. The predicted molar refractivity (Wildman–Crippen MR) is 94.1 cm³/mol. The molecule has 4 heterocycles. The maximum absolute atomic E-state index is 5.95. The lowest BCUT2D eigenvalue weighted by molar-refractivity contribution is 0.155. The van der Waals surface area contributed by atoms with Crippen molar-refractivity contribution in [1.29, 1.82) is 0 Å². The molecule has 25 heavy (non-hydrogen) atoms. The van der Waals surface area contributed by atoms with Crippen molar-refractivity contribution in [3.8, 4) is 0 Å². The highest BCUT2D eigenvalue weighted by Gasteiger charge is 2.20. The molecule has 0 saturated carbocycles. The van der Waals surface area contributed by atoms with Gasteiger partial charge in [-0.25, -0.2) is 4.98 Å². The van der Waals surface area contributed by atoms with Crippen molar-refractivity contribution in [2.75, 3.05) is 13.1 Å². The minimum Gasteiger partial charge on any atom is -0.453 e. The molecule has 3 aromatic heterocycles. The number of furan rings is 1. The van der Waals surface area contributed by atoms with E-state index < -0.39 is 0 Å². The first-order chi connectivity index (χ1) is 12.3. The van der Waals surface area contributed by atoms with Gasteiger partial charge in [-0.3, -0.25) is 4.90 Å². The summed E-state index contributed by atoms with van der Waals surface area (Å²) in [5.74, 6) is 1.75. The molecule has 1 saturated heterocycles. The minimum atomic E-state index is 0.740. The predicted octanol–water partition coefficient (Wildman–Crippen LogP) is 2.67. The molecular formula is C17H22N6OS. The van der Waals surface area contributed by atoms with E-state index in [0.29, 0.717) is 0 Å². The molecule has 0 atom stereocenters. The van der Waals surface area contributed by atoms with Gasteiger partial charge in [0.25, 0.3) is 0 Å². The Morgan fingerprint density at radius 1 is 1.24 bits per heavy atom. The van der Waals surface area contributed by atoms with Crippen LogP contribution in [0.15, 0.2) is 51.8 Å². The standard InChI is InChI=1S/C17H22N6OS/c1-21-13-19-20-17(21)25-16-3-2-15(24-16)11-22-7-4-14(5-8-22)10-23-9-6-18-12-23/h2-3,6,9,12-14H,4-5,7-8,10-11H2,1H3. The number of hydrogen-bond acceptors (Lipinski definition) is 6. The van der Waals surface area contributed by atoms with Crippen LogP contribution in [0.5, 0.6) is 0 Å². The van der Waals surface area contributed by atoms with E-state index in [9.17, 15) is 0 Å². The molecular weight excluding hydrogens is 336 g/mol. The van der Waals surface area contributed by atoms with Gasteiger partial charge in [0.15, 0.2) is 10.2 Å². The van der Waals surface area contributed by atoms with E-state index in [0.717, 1.165) is 48.1 Å². The van der Waals surface area contributed by atoms with Gasteiger partial charge < -0.3 is 13.6 Å². The summed E-state index contributed by atoms with van der Waals surface area (Å²) in [5.41, 5.74) is 0. The lowest BCUT2D eigenvalue weighted by Gasteiger charge is -2.31. The van der Waals surface area contributed by atoms with E-state index in [1.54, 1.807) is 6.33 Å². The summed E-state index contributed by atoms with van der Waals surface area (Å²) in [7, 11) is 1.93. The van der Waals surface area contributed by atoms with Crippen LogP contribution in [0.3, 0.4) is 0 Å². The van der Waals surface area contributed by atoms with Crippen LogP contribution in [0.1, 0.15) is 18.6 Å². The topological polar surface area (TPSA) is 64.9 Å². The van der Waals surface area contributed by atoms with Crippen molar-refractivity contribution in [3.05, 3.63) is 42.9 Å². The zero-order valence-electron chi connectivity index (χ0n) is 14.3. The summed E-state index contributed by atoms with van der Waals surface area (Å²) in [5, 5.41) is 9.66. The van der Waals surface area contributed by atoms with E-state index >= 15 is 0 Å². The van der Waals surface area contributed by atoms with Crippen LogP contribution >= 0.6 is 11.8 Å². The molecule has 1 aliphatic heterocycles. The highest BCUT2D eigenvalue weighted by molar-refractivity contribution is 7.99. The van der Waals surface area contributed by atoms with E-state index in [-0.39, 0.29) is 0 Å². The molecule has 0 amide bonds. The van der Waals surface area contributed by atoms with Crippen molar-refractivity contribution < 1.29 is 4.42 Å². The first-order valence-corrected chi connectivity index (χ1v) is 9.36. The summed E-state index contributed by atoms with van der Waals surface area (Å²) in [6, 6.07) is 4.08. The molecule has 0 bridgehead atoms. The third kappa shape index (κ3) is 4.13. The average molecular weight is 358 g/mol. The molecule has 0 radical (unpaired) electrons. The van der Waals surface area contributed by atoms with E-state index in [2.05, 4.69) is 30.7 Å². The van der Waals surface area contributed by atoms with Gasteiger partial charge >= 0.3 is 0 Å². The summed E-state index contributed by atoms with van der Waals surface area (Å²) in [4.78, 5) is 6.59. The number of likely N-dealkylation sites (tertiary alicyclic amines) is 1. The SMILES string of the molecule is Cn1cnnc1Sc1ccc(CN2CCC(Cn3ccnc3)CC2)o1. The van der Waals surface area contributed by atoms with Crippen LogP contribution < -0.4 is 0 Å². The Morgan fingerprint density at radius 3 is 2.84 bits per heavy atom. The van der Waals surface area contributed by atoms with Crippen molar-refractivity contribution in [2.45, 2.75) is 36.2 Å². The lowest BCUT2D eigenvalue weighted by atomic mass is 9.96. The molecule has 4 rings (SSSR count). The molecule has 0 N–H and O–H groups in total. The quantitative estimate of drug-likeness (QED) is 0.675. The zero-order valence-corrected chi connectivity index (χ0v) is 15.1. The van der Waals surface area contributed by atoms with Crippen molar-refractivity contribution in [2.24, 2.45) is 13.0 Å². The van der Waals surface area contributed by atoms with E-state index in [4.69, 9.17) is 4.42 Å². The summed E-state index contributed by atoms with van der Waals surface area (Å²) < 4.78 is 10.0. The number of aromatic nitrogens is 5. The number of nitrogens with zero attached hydrogens (tertiary/aromatic N) is 6. The lowest BCUT2D eigenvalue weighted by Crippen LogP contribution is -2.34. The molecule has 3 aromatic rings. The van der Waals surface area contributed by atoms with E-state index in [1.165, 1.54) is 24.6 Å². The Balaban J connectivity index is 1.27. The summed E-state index contributed by atoms with van der Waals surface area (Å²) in [6.07, 6.45) is 9.94. The minimum absolute atomic E-state index is 0.740. The molecule has 8 heteroatoms. The van der Waals surface area contributed by atoms with Gasteiger partial charge in [0, 0.05) is 26.0 Å². The van der Waals surface area contributed by atoms with Gasteiger partial charge in [-0.1, -0.05) is 0 Å². The van der Waals surface area contributed by atoms with Gasteiger partial charge in [0.1, 0.15) is 12.1 Å². The van der Waals surface area contributed by atoms with Gasteiger partial charge in [-0.15, -0.1) is 10.2 Å². The summed E-state index contributed by atoms with van der Waals surface area (Å²) in [6.45, 7) is 4.18. The second-order valence-electron chi connectivity index (χ2n) is 6.53. The van der Waals surface area contributed by atoms with Gasteiger partial charge in [0.05, 0.1) is 12.9 Å². The Labute approximate surface area is 151 Å². The molecule has 0 unspecified atom stereocenters. The number of imidazole rings is 1. The van der Waals surface area contributed by atoms with Gasteiger partial charge in [-0.2, -0.15) is 0 Å². The molecule has 0 aliphatic carbocycles. The van der Waals surface area contributed by atoms with Crippen molar-refractivity contribution in [1.82, 2.24) is 29.2 Å². The highest BCUT2D eigenvalue weighted by Crippen LogP contribution is 2.28. The number of hydrogen-bond donors (Lipinski definition) is 0. The number of rotatable bonds is 6. The Hall–Kier alpha value is -2.06. The van der Waals surface area contributed by atoms with Crippen molar-refractivity contribution >= 4 is 11.8 Å². The fraction of sp³-hybridized carbons (Fsp3) is 0.471. The molecule has 0 spiro atoms. The fourth-order valence-electron chi connectivity index (χ4n) is 3.19. The maximum atomic E-state index is 5.95. The van der Waals surface area contributed by atoms with E-state index in [1.807, 2.05) is 36.4 Å². The molecule has 7 nitrogen and oxygen atoms in total. The second kappa shape index (κ2) is 7.45. The second-order valence-corrected chi connectivity index (χ2v) is 7.50. The fourth-order valence-corrected chi connectivity index (χ4v) is 3.94. The smallest absolute Gasteiger partial charge is 0.198 e. The maximum Gasteiger partial charge on any atom is 0.198 e. The first-order valence-electron chi connectivity index (χ1n) is 8.55. The van der Waals surface area contributed by atoms with Crippen LogP contribution in [0, 0.1) is 5.92 Å². The Kier molecular flexibility index (Phi) is 4.89. The van der Waals surface area contributed by atoms with Crippen LogP contribution in [-0.2, 0) is 20.1 Å². The van der Waals surface area contributed by atoms with Crippen LogP contribution in [-0.4, -0.2) is 42.3 Å². The largest absolute Gasteiger partial charge is 0.453 e. The molecule has 0 aromatic carbocycles. The number of aryl methyl sites for hydroxylation is 1. The van der Waals surface area contributed by atoms with Gasteiger partial charge in [0.2, 0.25) is 0 Å². The zero-order chi connectivity index (χ0) is 17.1. The third-order valence-electron chi connectivity index (χ3n) is 4.61. The van der Waals surface area contributed by atoms with Crippen molar-refractivity contribution in [3.63, 3.8) is 0 Å². The third-order valence-corrected chi connectivity index (χ3v) is 5.59. The number of piperidine rings is 1. The van der Waals surface area contributed by atoms with Gasteiger partial charge in [-0.05, 0) is 55.7 Å².